The summed E-state index contributed by atoms with van der Waals surface area (Å²) in [6, 6.07) is 7.99. The molecule has 1 fully saturated rings. The Kier molecular flexibility index (Phi) is 7.31. The highest BCUT2D eigenvalue weighted by molar-refractivity contribution is 6.30. The molecule has 32 heavy (non-hydrogen) atoms. The van der Waals surface area contributed by atoms with Gasteiger partial charge in [-0.3, -0.25) is 4.79 Å². The van der Waals surface area contributed by atoms with E-state index in [4.69, 9.17) is 11.6 Å². The van der Waals surface area contributed by atoms with Crippen LogP contribution in [0.2, 0.25) is 5.02 Å². The fraction of sp³-hybridized carbons (Fsp3) is 0.560. The maximum absolute atomic E-state index is 13.5. The third kappa shape index (κ3) is 4.91. The molecule has 2 aliphatic rings. The third-order valence-electron chi connectivity index (χ3n) is 6.77. The zero-order chi connectivity index (χ0) is 22.7. The van der Waals surface area contributed by atoms with Crippen LogP contribution in [0, 0.1) is 0 Å². The number of halogens is 1. The lowest BCUT2D eigenvalue weighted by Gasteiger charge is -2.38. The fourth-order valence-corrected chi connectivity index (χ4v) is 5.04. The highest BCUT2D eigenvalue weighted by atomic mass is 35.5. The summed E-state index contributed by atoms with van der Waals surface area (Å²) in [6.07, 6.45) is 5.05. The van der Waals surface area contributed by atoms with Crippen LogP contribution < -0.4 is 10.2 Å². The molecule has 1 aromatic heterocycles. The third-order valence-corrected chi connectivity index (χ3v) is 7.02. The number of aromatic nitrogens is 2. The van der Waals surface area contributed by atoms with Crippen LogP contribution in [-0.2, 0) is 11.2 Å². The smallest absolute Gasteiger partial charge is 0.231 e. The number of amides is 1. The molecule has 1 saturated heterocycles. The number of aryl methyl sites for hydroxylation is 1. The van der Waals surface area contributed by atoms with Gasteiger partial charge in [-0.1, -0.05) is 44.5 Å². The number of hydrogen-bond acceptors (Lipinski definition) is 5. The van der Waals surface area contributed by atoms with Crippen LogP contribution in [0.1, 0.15) is 62.3 Å². The number of nitrogens with one attached hydrogen (secondary N) is 1. The van der Waals surface area contributed by atoms with Gasteiger partial charge in [0.05, 0.1) is 5.92 Å². The number of carbonyl (C=O) groups excluding carboxylic acids is 1. The van der Waals surface area contributed by atoms with Gasteiger partial charge in [-0.25, -0.2) is 9.97 Å². The van der Waals surface area contributed by atoms with E-state index in [-0.39, 0.29) is 11.8 Å². The van der Waals surface area contributed by atoms with Crippen molar-refractivity contribution in [2.75, 3.05) is 37.6 Å². The molecule has 2 atom stereocenters. The molecule has 0 saturated carbocycles. The molecule has 2 unspecified atom stereocenters. The van der Waals surface area contributed by atoms with E-state index < -0.39 is 0 Å². The van der Waals surface area contributed by atoms with Crippen LogP contribution in [0.25, 0.3) is 0 Å². The van der Waals surface area contributed by atoms with E-state index in [0.717, 1.165) is 37.3 Å². The second-order valence-electron chi connectivity index (χ2n) is 9.18. The SMILES string of the molecule is CCC1CCc2ncnc(N3CCN(C(=O)C(CNC(C)C)c4ccc(Cl)cc4)CC3)c21. The fourth-order valence-electron chi connectivity index (χ4n) is 4.91. The van der Waals surface area contributed by atoms with Gasteiger partial charge in [0.1, 0.15) is 12.1 Å². The van der Waals surface area contributed by atoms with Crippen molar-refractivity contribution in [2.45, 2.75) is 57.9 Å². The number of piperazine rings is 1. The van der Waals surface area contributed by atoms with Gasteiger partial charge in [-0.15, -0.1) is 0 Å². The Morgan fingerprint density at radius 3 is 2.53 bits per heavy atom. The molecule has 1 aliphatic heterocycles. The number of anilines is 1. The van der Waals surface area contributed by atoms with E-state index in [1.54, 1.807) is 6.33 Å². The van der Waals surface area contributed by atoms with Crippen molar-refractivity contribution >= 4 is 23.3 Å². The van der Waals surface area contributed by atoms with Gasteiger partial charge in [0, 0.05) is 55.0 Å². The van der Waals surface area contributed by atoms with Crippen molar-refractivity contribution in [2.24, 2.45) is 0 Å². The number of benzene rings is 1. The summed E-state index contributed by atoms with van der Waals surface area (Å²) in [4.78, 5) is 27.1. The molecule has 2 aromatic rings. The first-order valence-electron chi connectivity index (χ1n) is 11.8. The minimum atomic E-state index is -0.214. The summed E-state index contributed by atoms with van der Waals surface area (Å²) in [6.45, 7) is 10.1. The van der Waals surface area contributed by atoms with Crippen LogP contribution in [0.5, 0.6) is 0 Å². The molecule has 4 rings (SSSR count). The van der Waals surface area contributed by atoms with Gasteiger partial charge in [-0.05, 0) is 42.9 Å². The molecular weight excluding hydrogens is 422 g/mol. The average molecular weight is 456 g/mol. The maximum Gasteiger partial charge on any atom is 0.231 e. The molecule has 1 amide bonds. The minimum absolute atomic E-state index is 0.180. The Labute approximate surface area is 196 Å². The van der Waals surface area contributed by atoms with E-state index in [0.29, 0.717) is 36.6 Å². The molecule has 1 aromatic carbocycles. The molecular formula is C25H34ClN5O. The molecule has 2 heterocycles. The van der Waals surface area contributed by atoms with E-state index in [9.17, 15) is 4.79 Å². The first-order chi connectivity index (χ1) is 15.5. The Morgan fingerprint density at radius 2 is 1.88 bits per heavy atom. The number of nitrogens with zero attached hydrogens (tertiary/aromatic N) is 4. The summed E-state index contributed by atoms with van der Waals surface area (Å²) >= 11 is 6.08. The van der Waals surface area contributed by atoms with Crippen molar-refractivity contribution in [3.8, 4) is 0 Å². The molecule has 172 valence electrons. The quantitative estimate of drug-likeness (QED) is 0.683. The summed E-state index contributed by atoms with van der Waals surface area (Å²) in [7, 11) is 0. The van der Waals surface area contributed by atoms with Crippen LogP contribution in [-0.4, -0.2) is 59.5 Å². The molecule has 0 spiro atoms. The number of carbonyl (C=O) groups is 1. The van der Waals surface area contributed by atoms with Crippen LogP contribution in [0.4, 0.5) is 5.82 Å². The van der Waals surface area contributed by atoms with E-state index >= 15 is 0 Å². The lowest BCUT2D eigenvalue weighted by molar-refractivity contribution is -0.133. The Hall–Kier alpha value is -2.18. The lowest BCUT2D eigenvalue weighted by Crippen LogP contribution is -2.51. The predicted octanol–water partition coefficient (Wildman–Crippen LogP) is 4.00. The zero-order valence-corrected chi connectivity index (χ0v) is 20.1. The van der Waals surface area contributed by atoms with Crippen LogP contribution >= 0.6 is 11.6 Å². The molecule has 7 heteroatoms. The van der Waals surface area contributed by atoms with Crippen LogP contribution in [0.15, 0.2) is 30.6 Å². The van der Waals surface area contributed by atoms with Gasteiger partial charge in [0.2, 0.25) is 5.91 Å². The number of rotatable bonds is 7. The van der Waals surface area contributed by atoms with Gasteiger partial charge in [0.15, 0.2) is 0 Å². The Bertz CT molecular complexity index is 924. The Balaban J connectivity index is 1.46. The second-order valence-corrected chi connectivity index (χ2v) is 9.62. The van der Waals surface area contributed by atoms with Crippen molar-refractivity contribution in [1.29, 1.82) is 0 Å². The van der Waals surface area contributed by atoms with Crippen molar-refractivity contribution < 1.29 is 4.79 Å². The highest BCUT2D eigenvalue weighted by Crippen LogP contribution is 2.39. The Morgan fingerprint density at radius 1 is 1.16 bits per heavy atom. The normalized spacial score (nSPS) is 19.3. The topological polar surface area (TPSA) is 61.4 Å². The summed E-state index contributed by atoms with van der Waals surface area (Å²) in [5.74, 6) is 1.60. The average Bonchev–Trinajstić information content (AvgIpc) is 3.23. The monoisotopic (exact) mass is 455 g/mol. The van der Waals surface area contributed by atoms with Crippen molar-refractivity contribution in [3.05, 3.63) is 52.4 Å². The summed E-state index contributed by atoms with van der Waals surface area (Å²) in [5, 5.41) is 4.13. The second kappa shape index (κ2) is 10.2. The first-order valence-corrected chi connectivity index (χ1v) is 12.2. The molecule has 0 radical (unpaired) electrons. The minimum Gasteiger partial charge on any atom is -0.353 e. The van der Waals surface area contributed by atoms with Gasteiger partial charge >= 0.3 is 0 Å². The molecule has 0 bridgehead atoms. The van der Waals surface area contributed by atoms with Gasteiger partial charge in [0.25, 0.3) is 0 Å². The van der Waals surface area contributed by atoms with Crippen molar-refractivity contribution in [1.82, 2.24) is 20.2 Å². The standard InChI is InChI=1S/C25H34ClN5O/c1-4-18-7-10-22-23(18)24(29-16-28-22)30-11-13-31(14-12-30)25(32)21(15-27-17(2)3)19-5-8-20(26)9-6-19/h5-6,8-9,16-18,21,27H,4,7,10-15H2,1-3H3. The zero-order valence-electron chi connectivity index (χ0n) is 19.4. The number of fused-ring (bicyclic) bond motifs is 1. The first kappa shape index (κ1) is 23.0. The van der Waals surface area contributed by atoms with E-state index in [1.807, 2.05) is 29.2 Å². The summed E-state index contributed by atoms with van der Waals surface area (Å²) < 4.78 is 0. The van der Waals surface area contributed by atoms with Crippen molar-refractivity contribution in [3.63, 3.8) is 0 Å². The summed E-state index contributed by atoms with van der Waals surface area (Å²) in [5.41, 5.74) is 3.56. The maximum atomic E-state index is 13.5. The predicted molar refractivity (Wildman–Crippen MR) is 130 cm³/mol. The number of hydrogen-bond donors (Lipinski definition) is 1. The molecule has 1 N–H and O–H groups in total. The largest absolute Gasteiger partial charge is 0.353 e. The van der Waals surface area contributed by atoms with E-state index in [2.05, 4.69) is 41.0 Å². The molecule has 1 aliphatic carbocycles. The lowest BCUT2D eigenvalue weighted by atomic mass is 9.96. The van der Waals surface area contributed by atoms with E-state index in [1.165, 1.54) is 17.7 Å². The van der Waals surface area contributed by atoms with Crippen LogP contribution in [0.3, 0.4) is 0 Å². The highest BCUT2D eigenvalue weighted by Gasteiger charge is 2.32. The molecule has 6 nitrogen and oxygen atoms in total. The van der Waals surface area contributed by atoms with Gasteiger partial charge in [-0.2, -0.15) is 0 Å². The van der Waals surface area contributed by atoms with Gasteiger partial charge < -0.3 is 15.1 Å².